The summed E-state index contributed by atoms with van der Waals surface area (Å²) in [5.41, 5.74) is 3.91. The van der Waals surface area contributed by atoms with Crippen molar-refractivity contribution in [3.63, 3.8) is 0 Å². The average Bonchev–Trinajstić information content (AvgIpc) is 3.22. The molecule has 0 spiro atoms. The highest BCUT2D eigenvalue weighted by molar-refractivity contribution is 7.16. The van der Waals surface area contributed by atoms with Crippen molar-refractivity contribution in [3.05, 3.63) is 57.3 Å². The number of halogens is 1. The van der Waals surface area contributed by atoms with Crippen LogP contribution in [0.4, 0.5) is 4.39 Å². The van der Waals surface area contributed by atoms with Gasteiger partial charge >= 0.3 is 5.97 Å². The van der Waals surface area contributed by atoms with Gasteiger partial charge in [0.15, 0.2) is 0 Å². The number of ether oxygens (including phenoxy) is 1. The van der Waals surface area contributed by atoms with E-state index in [-0.39, 0.29) is 11.8 Å². The van der Waals surface area contributed by atoms with Crippen LogP contribution in [0.15, 0.2) is 41.1 Å². The van der Waals surface area contributed by atoms with Crippen LogP contribution in [-0.2, 0) is 11.2 Å². The maximum atomic E-state index is 13.3. The molecule has 2 aromatic heterocycles. The van der Waals surface area contributed by atoms with Crippen molar-refractivity contribution in [3.8, 4) is 21.6 Å². The number of thiophene rings is 2. The van der Waals surface area contributed by atoms with Crippen LogP contribution in [0.5, 0.6) is 0 Å². The van der Waals surface area contributed by atoms with Crippen LogP contribution < -0.4 is 0 Å². The number of hydrogen-bond donors (Lipinski definition) is 0. The first-order chi connectivity index (χ1) is 11.6. The molecule has 5 heteroatoms. The second-order valence-corrected chi connectivity index (χ2v) is 7.04. The molecule has 0 bridgehead atoms. The van der Waals surface area contributed by atoms with Crippen LogP contribution in [0.2, 0.25) is 0 Å². The lowest BCUT2D eigenvalue weighted by atomic mass is 10.0. The fourth-order valence-electron chi connectivity index (χ4n) is 2.49. The minimum Gasteiger partial charge on any atom is -0.462 e. The minimum absolute atomic E-state index is 0.294. The lowest BCUT2D eigenvalue weighted by molar-refractivity contribution is 0.0533. The Morgan fingerprint density at radius 1 is 1.12 bits per heavy atom. The molecule has 0 saturated heterocycles. The van der Waals surface area contributed by atoms with Crippen molar-refractivity contribution < 1.29 is 13.9 Å². The molecule has 2 nitrogen and oxygen atoms in total. The Morgan fingerprint density at radius 3 is 2.50 bits per heavy atom. The Balaban J connectivity index is 2.15. The van der Waals surface area contributed by atoms with Crippen molar-refractivity contribution >= 4 is 28.6 Å². The van der Waals surface area contributed by atoms with E-state index in [0.717, 1.165) is 28.0 Å². The molecule has 0 aliphatic heterocycles. The zero-order valence-corrected chi connectivity index (χ0v) is 15.1. The van der Waals surface area contributed by atoms with Gasteiger partial charge in [0.2, 0.25) is 0 Å². The normalized spacial score (nSPS) is 10.8. The van der Waals surface area contributed by atoms with Gasteiger partial charge < -0.3 is 4.74 Å². The summed E-state index contributed by atoms with van der Waals surface area (Å²) < 4.78 is 18.5. The SMILES string of the molecule is CCOC(=O)c1scc(-c2cc(CC)cs2)c1-c1ccc(F)cc1. The molecule has 3 aromatic rings. The van der Waals surface area contributed by atoms with Crippen molar-refractivity contribution in [2.24, 2.45) is 0 Å². The minimum atomic E-state index is -0.333. The fraction of sp³-hybridized carbons (Fsp3) is 0.211. The summed E-state index contributed by atoms with van der Waals surface area (Å²) in [4.78, 5) is 14.0. The predicted octanol–water partition coefficient (Wildman–Crippen LogP) is 6.02. The van der Waals surface area contributed by atoms with E-state index in [1.165, 1.54) is 29.0 Å². The molecule has 24 heavy (non-hydrogen) atoms. The number of hydrogen-bond acceptors (Lipinski definition) is 4. The van der Waals surface area contributed by atoms with Crippen LogP contribution in [-0.4, -0.2) is 12.6 Å². The molecule has 0 fully saturated rings. The van der Waals surface area contributed by atoms with Gasteiger partial charge in [0.05, 0.1) is 6.61 Å². The lowest BCUT2D eigenvalue weighted by Crippen LogP contribution is -2.03. The summed E-state index contributed by atoms with van der Waals surface area (Å²) in [5.74, 6) is -0.627. The largest absolute Gasteiger partial charge is 0.462 e. The second kappa shape index (κ2) is 7.28. The Hall–Kier alpha value is -1.98. The van der Waals surface area contributed by atoms with Gasteiger partial charge in [-0.15, -0.1) is 22.7 Å². The summed E-state index contributed by atoms with van der Waals surface area (Å²) in [6, 6.07) is 8.39. The summed E-state index contributed by atoms with van der Waals surface area (Å²) in [5, 5.41) is 4.11. The van der Waals surface area contributed by atoms with Gasteiger partial charge in [-0.1, -0.05) is 19.1 Å². The Kier molecular flexibility index (Phi) is 5.11. The highest BCUT2D eigenvalue weighted by atomic mass is 32.1. The van der Waals surface area contributed by atoms with E-state index in [1.54, 1.807) is 30.4 Å². The van der Waals surface area contributed by atoms with Gasteiger partial charge in [-0.3, -0.25) is 0 Å². The number of carbonyl (C=O) groups is 1. The molecule has 0 N–H and O–H groups in total. The van der Waals surface area contributed by atoms with Crippen molar-refractivity contribution in [2.45, 2.75) is 20.3 Å². The summed E-state index contributed by atoms with van der Waals surface area (Å²) in [6.07, 6.45) is 0.969. The van der Waals surface area contributed by atoms with E-state index < -0.39 is 0 Å². The fourth-order valence-corrected chi connectivity index (χ4v) is 4.57. The number of carbonyl (C=O) groups excluding carboxylic acids is 1. The number of esters is 1. The van der Waals surface area contributed by atoms with E-state index in [9.17, 15) is 9.18 Å². The van der Waals surface area contributed by atoms with Crippen molar-refractivity contribution in [1.82, 2.24) is 0 Å². The highest BCUT2D eigenvalue weighted by Gasteiger charge is 2.22. The second-order valence-electron chi connectivity index (χ2n) is 5.25. The van der Waals surface area contributed by atoms with Crippen LogP contribution in [0.1, 0.15) is 29.1 Å². The van der Waals surface area contributed by atoms with Gasteiger partial charge in [-0.25, -0.2) is 9.18 Å². The first-order valence-corrected chi connectivity index (χ1v) is 9.52. The molecule has 0 aliphatic rings. The van der Waals surface area contributed by atoms with Gasteiger partial charge in [0, 0.05) is 21.4 Å². The zero-order valence-electron chi connectivity index (χ0n) is 13.5. The van der Waals surface area contributed by atoms with Crippen LogP contribution in [0, 0.1) is 5.82 Å². The molecule has 0 saturated carbocycles. The van der Waals surface area contributed by atoms with Crippen LogP contribution in [0.3, 0.4) is 0 Å². The standard InChI is InChI=1S/C19H17FO2S2/c1-3-12-9-16(23-10-12)15-11-24-18(19(21)22-4-2)17(15)13-5-7-14(20)8-6-13/h5-11H,3-4H2,1-2H3. The number of aryl methyl sites for hydroxylation is 1. The molecular formula is C19H17FO2S2. The molecule has 0 radical (unpaired) electrons. The van der Waals surface area contributed by atoms with Gasteiger partial charge in [-0.2, -0.15) is 0 Å². The molecule has 124 valence electrons. The average molecular weight is 360 g/mol. The Bertz CT molecular complexity index is 847. The van der Waals surface area contributed by atoms with Gasteiger partial charge in [0.1, 0.15) is 10.7 Å². The first-order valence-electron chi connectivity index (χ1n) is 7.76. The van der Waals surface area contributed by atoms with Gasteiger partial charge in [-0.05, 0) is 48.1 Å². The maximum absolute atomic E-state index is 13.3. The summed E-state index contributed by atoms with van der Waals surface area (Å²) in [6.45, 7) is 4.23. The molecule has 1 aromatic carbocycles. The molecule has 3 rings (SSSR count). The Labute approximate surface area is 148 Å². The Morgan fingerprint density at radius 2 is 1.88 bits per heavy atom. The zero-order chi connectivity index (χ0) is 17.1. The molecule has 0 aliphatic carbocycles. The first kappa shape index (κ1) is 16.9. The molecule has 0 unspecified atom stereocenters. The van der Waals surface area contributed by atoms with Gasteiger partial charge in [0.25, 0.3) is 0 Å². The summed E-state index contributed by atoms with van der Waals surface area (Å²) >= 11 is 3.03. The molecule has 0 amide bonds. The van der Waals surface area contributed by atoms with E-state index in [0.29, 0.717) is 11.5 Å². The van der Waals surface area contributed by atoms with Crippen molar-refractivity contribution in [2.75, 3.05) is 6.61 Å². The van der Waals surface area contributed by atoms with Crippen LogP contribution >= 0.6 is 22.7 Å². The van der Waals surface area contributed by atoms with E-state index in [1.807, 2.05) is 5.38 Å². The predicted molar refractivity (Wildman–Crippen MR) is 98.4 cm³/mol. The number of rotatable bonds is 5. The third-order valence-corrected chi connectivity index (χ3v) is 5.68. The smallest absolute Gasteiger partial charge is 0.348 e. The monoisotopic (exact) mass is 360 g/mol. The third kappa shape index (κ3) is 3.28. The lowest BCUT2D eigenvalue weighted by Gasteiger charge is -2.07. The topological polar surface area (TPSA) is 26.3 Å². The van der Waals surface area contributed by atoms with Crippen molar-refractivity contribution in [1.29, 1.82) is 0 Å². The maximum Gasteiger partial charge on any atom is 0.348 e. The van der Waals surface area contributed by atoms with E-state index in [4.69, 9.17) is 4.74 Å². The molecular weight excluding hydrogens is 343 g/mol. The van der Waals surface area contributed by atoms with Crippen LogP contribution in [0.25, 0.3) is 21.6 Å². The van der Waals surface area contributed by atoms with E-state index in [2.05, 4.69) is 18.4 Å². The molecule has 2 heterocycles. The number of benzene rings is 1. The molecule has 0 atom stereocenters. The van der Waals surface area contributed by atoms with E-state index >= 15 is 0 Å². The quantitative estimate of drug-likeness (QED) is 0.520. The summed E-state index contributed by atoms with van der Waals surface area (Å²) in [7, 11) is 0. The highest BCUT2D eigenvalue weighted by Crippen LogP contribution is 2.42. The third-order valence-electron chi connectivity index (χ3n) is 3.71.